The Morgan fingerprint density at radius 2 is 1.03 bits per heavy atom. The molecule has 682 valence electrons. The molecule has 5 aliphatic carbocycles. The molecule has 22 N–H and O–H groups in total. The first-order valence-electron chi connectivity index (χ1n) is 41.4. The second-order valence-electron chi connectivity index (χ2n) is 37.3. The maximum atomic E-state index is 16.5. The van der Waals surface area contributed by atoms with Gasteiger partial charge in [0.1, 0.15) is 152 Å². The van der Waals surface area contributed by atoms with E-state index in [4.69, 9.17) is 71.1 Å². The SMILES string of the molecule is C=C[C@](C)(O)CC/C=C(\CO)C(=O)O[C@H]1C[C@]2(C(=O)O[C@@H]3O[C@H](CO)[C@@H](O)[C@H](O)[C@H]3O[C@@H]3O[C@@H](C)[C@H](O[C@@H]4O[C@@H](CO)[C@H](O)[C@H]4O)[C@@H](O[C@@H]4O[C@H](CO)[C@@H](O)[C@H](O)[C@H]4O)[C@H]3O)[C@H](O)C[C@]3(C)C(=CC[C@@H]4[C@@]5(C)CC[C@H](O[C@@H]6O[C@H](CO[C@@H]7O[C@H](C)[C@H](O)[C@H](O)[C@H]7O[C@@H]7OC[C@@H](O)[C@H](O)[C@H]7O)[C@@H](O)[C@H](O)[C@H]6O)C(C)(C)[C@@H]5CC[C@]43C)[C@@H]2CC1(C)C. The van der Waals surface area contributed by atoms with Crippen LogP contribution in [0.15, 0.2) is 36.0 Å². The second kappa shape index (κ2) is 36.5. The third-order valence-corrected chi connectivity index (χ3v) is 29.3. The number of allylic oxidation sites excluding steroid dienone is 3. The number of carbonyl (C=O) groups is 2. The third-order valence-electron chi connectivity index (χ3n) is 29.3. The number of fused-ring (bicyclic) bond motifs is 7. The van der Waals surface area contributed by atoms with Crippen LogP contribution in [0.25, 0.3) is 0 Å². The van der Waals surface area contributed by atoms with E-state index in [0.29, 0.717) is 32.1 Å². The molecule has 0 aromatic rings. The minimum atomic E-state index is -2.24. The lowest BCUT2D eigenvalue weighted by atomic mass is 9.33. The predicted molar refractivity (Wildman–Crippen MR) is 398 cm³/mol. The molecule has 0 aromatic heterocycles. The summed E-state index contributed by atoms with van der Waals surface area (Å²) >= 11 is 0. The Hall–Kier alpha value is -3.24. The van der Waals surface area contributed by atoms with Crippen molar-refractivity contribution in [3.05, 3.63) is 36.0 Å². The lowest BCUT2D eigenvalue weighted by Crippen LogP contribution is -2.70. The Balaban J connectivity index is 0.827. The third kappa shape index (κ3) is 17.4. The average molecular weight is 1710 g/mol. The molecule has 0 radical (unpaired) electrons. The number of carbonyl (C=O) groups excluding carboxylic acids is 2. The molecule has 0 aromatic carbocycles. The highest BCUT2D eigenvalue weighted by atomic mass is 16.8. The molecule has 0 amide bonds. The van der Waals surface area contributed by atoms with Crippen LogP contribution < -0.4 is 0 Å². The summed E-state index contributed by atoms with van der Waals surface area (Å²) in [6.45, 7) is 17.7. The smallest absolute Gasteiger partial charge is 0.336 e. The number of hydrogen-bond acceptors (Lipinski definition) is 39. The Morgan fingerprint density at radius 3 is 1.65 bits per heavy atom. The standard InChI is InChI=1S/C80H128O39/c1-12-76(8,104)19-13-14-33(25-81)65(102)113-45-24-80(73(103)119-72-64(55(96)49(90)38(27-83)111-72)118-70-60(101)62(116-69-59(100)52(93)48(89)37(26-82)109-69)61(32(3)108-70)115-68-57(98)50(91)39(28-84)110-68)35(22-74(45,4)5)34-15-16-42-77(9)20-18-44(75(6,7)41(77)17-21-78(42,10)79(34,11)23-43(80)86)114-67-58(99)53(94)51(92)40(112-67)30-106-71-63(54(95)46(87)31(2)107-71)117-66-56(97)47(88)36(85)29-105-66/h12,14-15,31-32,35-64,66-72,81-101,104H,1,13,16-30H2,2-11H3/b33-14+/t31-,32+,35+,36-,37-,38-,39+,40-,41+,42-,43-,44+,45+,46+,47+,48-,49-,50+,51-,52+,53+,54+,55+,56-,57-,58-,59-,60-,61+,62+,63-,64-,66+,67+,68+,69+,70+,71-,72+,76+,77+,78-,79-,80-/m1/s1. The van der Waals surface area contributed by atoms with Crippen molar-refractivity contribution >= 4 is 11.9 Å². The van der Waals surface area contributed by atoms with Crippen LogP contribution in [0.2, 0.25) is 0 Å². The van der Waals surface area contributed by atoms with Gasteiger partial charge in [-0.2, -0.15) is 0 Å². The molecule has 119 heavy (non-hydrogen) atoms. The molecule has 12 aliphatic rings. The number of rotatable bonds is 25. The molecule has 0 bridgehead atoms. The van der Waals surface area contributed by atoms with Gasteiger partial charge in [0.15, 0.2) is 43.8 Å². The largest absolute Gasteiger partial charge is 0.458 e. The molecular formula is C80H128O39. The van der Waals surface area contributed by atoms with Crippen molar-refractivity contribution in [1.29, 1.82) is 0 Å². The molecule has 0 unspecified atom stereocenters. The molecule has 12 rings (SSSR count). The Kier molecular flexibility index (Phi) is 29.1. The second-order valence-corrected chi connectivity index (χ2v) is 37.3. The van der Waals surface area contributed by atoms with Crippen LogP contribution in [0.4, 0.5) is 0 Å². The molecule has 0 spiro atoms. The molecule has 7 saturated heterocycles. The van der Waals surface area contributed by atoms with E-state index < -0.39 is 323 Å². The number of hydrogen-bond donors (Lipinski definition) is 22. The van der Waals surface area contributed by atoms with Gasteiger partial charge < -0.3 is 183 Å². The topological polar surface area (TPSA) is 618 Å². The van der Waals surface area contributed by atoms with Gasteiger partial charge in [0.2, 0.25) is 6.29 Å². The summed E-state index contributed by atoms with van der Waals surface area (Å²) in [4.78, 5) is 31.1. The molecule has 44 atom stereocenters. The highest BCUT2D eigenvalue weighted by Gasteiger charge is 2.74. The fourth-order valence-corrected chi connectivity index (χ4v) is 21.6. The molecule has 7 heterocycles. The van der Waals surface area contributed by atoms with Gasteiger partial charge in [0.05, 0.1) is 75.2 Å². The van der Waals surface area contributed by atoms with Crippen LogP contribution in [-0.4, -0.2) is 391 Å². The first-order chi connectivity index (χ1) is 55.8. The van der Waals surface area contributed by atoms with Crippen LogP contribution in [0, 0.1) is 50.2 Å². The van der Waals surface area contributed by atoms with E-state index in [1.54, 1.807) is 0 Å². The summed E-state index contributed by atoms with van der Waals surface area (Å²) in [5.74, 6) is -3.44. The van der Waals surface area contributed by atoms with Crippen molar-refractivity contribution in [2.24, 2.45) is 50.2 Å². The molecule has 39 nitrogen and oxygen atoms in total. The van der Waals surface area contributed by atoms with E-state index in [2.05, 4.69) is 47.3 Å². The van der Waals surface area contributed by atoms with Crippen LogP contribution >= 0.6 is 0 Å². The highest BCUT2D eigenvalue weighted by molar-refractivity contribution is 5.89. The van der Waals surface area contributed by atoms with Crippen molar-refractivity contribution in [3.63, 3.8) is 0 Å². The fraction of sp³-hybridized carbons (Fsp3) is 0.900. The van der Waals surface area contributed by atoms with Gasteiger partial charge >= 0.3 is 11.9 Å². The quantitative estimate of drug-likeness (QED) is 0.0175. The zero-order valence-electron chi connectivity index (χ0n) is 68.5. The number of aliphatic hydroxyl groups excluding tert-OH is 21. The average Bonchev–Trinajstić information content (AvgIpc) is 1.47. The van der Waals surface area contributed by atoms with Gasteiger partial charge in [-0.1, -0.05) is 72.3 Å². The Labute approximate surface area is 688 Å². The summed E-state index contributed by atoms with van der Waals surface area (Å²) in [5, 5.41) is 244. The van der Waals surface area contributed by atoms with Gasteiger partial charge in [-0.3, -0.25) is 4.79 Å². The van der Waals surface area contributed by atoms with Crippen molar-refractivity contribution < 1.29 is 193 Å². The maximum Gasteiger partial charge on any atom is 0.336 e. The molecule has 4 saturated carbocycles. The normalized spacial score (nSPS) is 51.0. The molecular weight excluding hydrogens is 1580 g/mol. The van der Waals surface area contributed by atoms with Crippen LogP contribution in [0.5, 0.6) is 0 Å². The Bertz CT molecular complexity index is 3510. The Morgan fingerprint density at radius 1 is 0.521 bits per heavy atom. The number of aliphatic hydroxyl groups is 22. The number of esters is 2. The van der Waals surface area contributed by atoms with Crippen LogP contribution in [-0.2, 0) is 80.6 Å². The monoisotopic (exact) mass is 1710 g/mol. The van der Waals surface area contributed by atoms with Crippen molar-refractivity contribution in [3.8, 4) is 0 Å². The first-order valence-corrected chi connectivity index (χ1v) is 41.4. The van der Waals surface area contributed by atoms with E-state index >= 15 is 4.79 Å². The van der Waals surface area contributed by atoms with E-state index in [1.165, 1.54) is 32.9 Å². The molecule has 39 heteroatoms. The van der Waals surface area contributed by atoms with E-state index in [-0.39, 0.29) is 43.1 Å². The predicted octanol–water partition coefficient (Wildman–Crippen LogP) is -6.10. The minimum absolute atomic E-state index is 0.0158. The maximum absolute atomic E-state index is 16.5. The van der Waals surface area contributed by atoms with Gasteiger partial charge in [-0.25, -0.2) is 4.79 Å². The first kappa shape index (κ1) is 94.9. The van der Waals surface area contributed by atoms with Crippen LogP contribution in [0.1, 0.15) is 133 Å². The van der Waals surface area contributed by atoms with Gasteiger partial charge in [-0.05, 0) is 118 Å². The van der Waals surface area contributed by atoms with E-state index in [1.807, 2.05) is 13.8 Å². The lowest BCUT2D eigenvalue weighted by Gasteiger charge is -2.72. The minimum Gasteiger partial charge on any atom is -0.458 e. The summed E-state index contributed by atoms with van der Waals surface area (Å²) < 4.78 is 91.3. The van der Waals surface area contributed by atoms with Gasteiger partial charge in [0.25, 0.3) is 0 Å². The van der Waals surface area contributed by atoms with Gasteiger partial charge in [0, 0.05) is 11.8 Å². The van der Waals surface area contributed by atoms with Crippen molar-refractivity contribution in [2.45, 2.75) is 360 Å². The van der Waals surface area contributed by atoms with E-state index in [0.717, 1.165) is 5.57 Å². The number of ether oxygens (including phenoxy) is 15. The van der Waals surface area contributed by atoms with Crippen LogP contribution in [0.3, 0.4) is 0 Å². The van der Waals surface area contributed by atoms with Crippen molar-refractivity contribution in [2.75, 3.05) is 39.6 Å². The zero-order chi connectivity index (χ0) is 87.4. The summed E-state index contributed by atoms with van der Waals surface area (Å²) in [6, 6.07) is 0. The van der Waals surface area contributed by atoms with Crippen molar-refractivity contribution in [1.82, 2.24) is 0 Å². The summed E-state index contributed by atoms with van der Waals surface area (Å²) in [5.41, 5.74) is -6.85. The van der Waals surface area contributed by atoms with Gasteiger partial charge in [-0.15, -0.1) is 6.58 Å². The fourth-order valence-electron chi connectivity index (χ4n) is 21.6. The lowest BCUT2D eigenvalue weighted by molar-refractivity contribution is -0.390. The highest BCUT2D eigenvalue weighted by Crippen LogP contribution is 2.76. The molecule has 11 fully saturated rings. The molecule has 7 aliphatic heterocycles. The summed E-state index contributed by atoms with van der Waals surface area (Å²) in [7, 11) is 0. The zero-order valence-corrected chi connectivity index (χ0v) is 68.5. The summed E-state index contributed by atoms with van der Waals surface area (Å²) in [6.07, 6.45) is -55.2. The van der Waals surface area contributed by atoms with E-state index in [9.17, 15) is 117 Å².